The molecule has 0 heterocycles. The van der Waals surface area contributed by atoms with Crippen LogP contribution < -0.4 is 0 Å². The zero-order chi connectivity index (χ0) is 13.1. The molecule has 1 N–H and O–H groups in total. The number of aliphatic hydroxyl groups is 1. The van der Waals surface area contributed by atoms with Crippen molar-refractivity contribution in [1.29, 1.82) is 0 Å². The van der Waals surface area contributed by atoms with Gasteiger partial charge in [-0.25, -0.2) is 0 Å². The van der Waals surface area contributed by atoms with E-state index in [1.807, 2.05) is 19.6 Å². The molecule has 3 nitrogen and oxygen atoms in total. The largest absolute Gasteiger partial charge is 0.406 e. The van der Waals surface area contributed by atoms with Crippen molar-refractivity contribution in [2.45, 2.75) is 52.1 Å². The van der Waals surface area contributed by atoms with Crippen LogP contribution in [-0.4, -0.2) is 30.9 Å². The highest BCUT2D eigenvalue weighted by Gasteiger charge is 2.37. The van der Waals surface area contributed by atoms with Gasteiger partial charge in [-0.2, -0.15) is 0 Å². The average Bonchev–Trinajstić information content (AvgIpc) is 2.10. The van der Waals surface area contributed by atoms with Crippen molar-refractivity contribution in [3.05, 3.63) is 12.7 Å². The molecule has 0 aromatic rings. The van der Waals surface area contributed by atoms with Crippen LogP contribution in [0.3, 0.4) is 0 Å². The second-order valence-corrected chi connectivity index (χ2v) is 10.0. The SMILES string of the molecule is C=C[C@H](O)[C@@H](C)C(=O)C(C)(C)O[Si](C)(C)C. The van der Waals surface area contributed by atoms with Gasteiger partial charge in [0.2, 0.25) is 0 Å². The lowest BCUT2D eigenvalue weighted by molar-refractivity contribution is -0.138. The Balaban J connectivity index is 4.76. The monoisotopic (exact) mass is 244 g/mol. The Morgan fingerprint density at radius 1 is 1.44 bits per heavy atom. The molecule has 0 aliphatic carbocycles. The van der Waals surface area contributed by atoms with E-state index >= 15 is 0 Å². The second kappa shape index (κ2) is 5.25. The summed E-state index contributed by atoms with van der Waals surface area (Å²) < 4.78 is 5.85. The number of aliphatic hydroxyl groups excluding tert-OH is 1. The van der Waals surface area contributed by atoms with Crippen LogP contribution in [0.15, 0.2) is 12.7 Å². The van der Waals surface area contributed by atoms with E-state index < -0.39 is 25.9 Å². The van der Waals surface area contributed by atoms with Crippen LogP contribution in [-0.2, 0) is 9.22 Å². The van der Waals surface area contributed by atoms with Gasteiger partial charge in [0.05, 0.1) is 6.10 Å². The first kappa shape index (κ1) is 15.5. The van der Waals surface area contributed by atoms with Crippen molar-refractivity contribution in [3.8, 4) is 0 Å². The first-order valence-electron chi connectivity index (χ1n) is 5.56. The Morgan fingerprint density at radius 2 is 1.88 bits per heavy atom. The number of ketones is 1. The number of carbonyl (C=O) groups is 1. The van der Waals surface area contributed by atoms with E-state index in [2.05, 4.69) is 6.58 Å². The van der Waals surface area contributed by atoms with Gasteiger partial charge in [-0.15, -0.1) is 6.58 Å². The van der Waals surface area contributed by atoms with Crippen molar-refractivity contribution in [1.82, 2.24) is 0 Å². The summed E-state index contributed by atoms with van der Waals surface area (Å²) in [5, 5.41) is 9.58. The summed E-state index contributed by atoms with van der Waals surface area (Å²) in [5.41, 5.74) is -0.839. The molecule has 16 heavy (non-hydrogen) atoms. The predicted molar refractivity (Wildman–Crippen MR) is 68.9 cm³/mol. The lowest BCUT2D eigenvalue weighted by atomic mass is 9.89. The molecule has 0 aromatic heterocycles. The number of hydrogen-bond acceptors (Lipinski definition) is 3. The molecule has 4 heteroatoms. The molecular formula is C12H24O3Si. The molecule has 0 unspecified atom stereocenters. The maximum atomic E-state index is 12.1. The summed E-state index contributed by atoms with van der Waals surface area (Å²) in [6.45, 7) is 14.8. The van der Waals surface area contributed by atoms with Crippen molar-refractivity contribution < 1.29 is 14.3 Å². The number of hydrogen-bond donors (Lipinski definition) is 1. The summed E-state index contributed by atoms with van der Waals surface area (Å²) in [6.07, 6.45) is 0.574. The molecule has 0 fully saturated rings. The van der Waals surface area contributed by atoms with E-state index in [9.17, 15) is 9.90 Å². The highest BCUT2D eigenvalue weighted by Crippen LogP contribution is 2.23. The molecule has 0 aliphatic rings. The molecule has 0 radical (unpaired) electrons. The van der Waals surface area contributed by atoms with Crippen molar-refractivity contribution in [2.75, 3.05) is 0 Å². The van der Waals surface area contributed by atoms with Gasteiger partial charge in [-0.05, 0) is 33.5 Å². The molecule has 0 amide bonds. The molecule has 0 saturated heterocycles. The Morgan fingerprint density at radius 3 is 2.19 bits per heavy atom. The van der Waals surface area contributed by atoms with E-state index in [0.717, 1.165) is 0 Å². The van der Waals surface area contributed by atoms with Crippen molar-refractivity contribution in [3.63, 3.8) is 0 Å². The van der Waals surface area contributed by atoms with Gasteiger partial charge in [0.15, 0.2) is 14.1 Å². The Bertz CT molecular complexity index is 266. The molecule has 0 bridgehead atoms. The predicted octanol–water partition coefficient (Wildman–Crippen LogP) is 2.37. The molecule has 0 spiro atoms. The van der Waals surface area contributed by atoms with Crippen LogP contribution in [0.4, 0.5) is 0 Å². The zero-order valence-corrected chi connectivity index (χ0v) is 12.2. The summed E-state index contributed by atoms with van der Waals surface area (Å²) in [4.78, 5) is 12.1. The highest BCUT2D eigenvalue weighted by molar-refractivity contribution is 6.70. The van der Waals surface area contributed by atoms with Gasteiger partial charge < -0.3 is 9.53 Å². The molecule has 0 aliphatic heterocycles. The fraction of sp³-hybridized carbons (Fsp3) is 0.750. The normalized spacial score (nSPS) is 16.7. The first-order chi connectivity index (χ1) is 7.01. The van der Waals surface area contributed by atoms with Gasteiger partial charge in [0.1, 0.15) is 5.60 Å². The standard InChI is InChI=1S/C12H24O3Si/c1-8-10(13)9(2)11(14)12(3,4)15-16(5,6)7/h8-10,13H,1H2,2-7H3/t9-,10+/m1/s1. The minimum atomic E-state index is -1.77. The van der Waals surface area contributed by atoms with Gasteiger partial charge in [0, 0.05) is 5.92 Å². The maximum Gasteiger partial charge on any atom is 0.185 e. The minimum Gasteiger partial charge on any atom is -0.406 e. The highest BCUT2D eigenvalue weighted by atomic mass is 28.4. The molecular weight excluding hydrogens is 220 g/mol. The van der Waals surface area contributed by atoms with E-state index in [-0.39, 0.29) is 5.78 Å². The Kier molecular flexibility index (Phi) is 5.10. The number of rotatable bonds is 6. The third kappa shape index (κ3) is 4.59. The van der Waals surface area contributed by atoms with Crippen LogP contribution in [0.5, 0.6) is 0 Å². The lowest BCUT2D eigenvalue weighted by Gasteiger charge is -2.34. The van der Waals surface area contributed by atoms with Crippen LogP contribution >= 0.6 is 0 Å². The van der Waals surface area contributed by atoms with Gasteiger partial charge in [-0.3, -0.25) is 4.79 Å². The minimum absolute atomic E-state index is 0.0812. The third-order valence-electron chi connectivity index (χ3n) is 2.32. The van der Waals surface area contributed by atoms with Crippen LogP contribution in [0, 0.1) is 5.92 Å². The van der Waals surface area contributed by atoms with E-state index in [0.29, 0.717) is 0 Å². The average molecular weight is 244 g/mol. The summed E-state index contributed by atoms with van der Waals surface area (Å²) >= 11 is 0. The third-order valence-corrected chi connectivity index (χ3v) is 3.44. The zero-order valence-electron chi connectivity index (χ0n) is 11.2. The fourth-order valence-corrected chi connectivity index (χ4v) is 3.35. The fourth-order valence-electron chi connectivity index (χ4n) is 1.72. The maximum absolute atomic E-state index is 12.1. The van der Waals surface area contributed by atoms with Crippen molar-refractivity contribution in [2.24, 2.45) is 5.92 Å². The number of carbonyl (C=O) groups excluding carboxylic acids is 1. The quantitative estimate of drug-likeness (QED) is 0.576. The van der Waals surface area contributed by atoms with Gasteiger partial charge >= 0.3 is 0 Å². The number of Topliss-reactive ketones (excluding diaryl/α,β-unsaturated/α-hetero) is 1. The van der Waals surface area contributed by atoms with E-state index in [1.54, 1.807) is 20.8 Å². The van der Waals surface area contributed by atoms with Crippen LogP contribution in [0.25, 0.3) is 0 Å². The molecule has 0 saturated carbocycles. The first-order valence-corrected chi connectivity index (χ1v) is 8.97. The molecule has 2 atom stereocenters. The van der Waals surface area contributed by atoms with Gasteiger partial charge in [0.25, 0.3) is 0 Å². The molecule has 0 rings (SSSR count). The summed E-state index contributed by atoms with van der Waals surface area (Å²) in [5.74, 6) is -0.564. The summed E-state index contributed by atoms with van der Waals surface area (Å²) in [7, 11) is -1.77. The van der Waals surface area contributed by atoms with Gasteiger partial charge in [-0.1, -0.05) is 13.0 Å². The Labute approximate surface area is 99.6 Å². The molecule has 0 aromatic carbocycles. The van der Waals surface area contributed by atoms with Crippen molar-refractivity contribution >= 4 is 14.1 Å². The molecule has 94 valence electrons. The van der Waals surface area contributed by atoms with Crippen LogP contribution in [0.2, 0.25) is 19.6 Å². The van der Waals surface area contributed by atoms with E-state index in [1.165, 1.54) is 6.08 Å². The lowest BCUT2D eigenvalue weighted by Crippen LogP contribution is -2.48. The summed E-state index contributed by atoms with van der Waals surface area (Å²) in [6, 6.07) is 0. The second-order valence-electron chi connectivity index (χ2n) is 5.60. The Hall–Kier alpha value is -0.453. The van der Waals surface area contributed by atoms with E-state index in [4.69, 9.17) is 4.43 Å². The topological polar surface area (TPSA) is 46.5 Å². The smallest absolute Gasteiger partial charge is 0.185 e. The van der Waals surface area contributed by atoms with Crippen LogP contribution in [0.1, 0.15) is 20.8 Å².